The van der Waals surface area contributed by atoms with Crippen LogP contribution in [0.15, 0.2) is 121 Å². The van der Waals surface area contributed by atoms with E-state index in [1.54, 1.807) is 79.9 Å². The lowest BCUT2D eigenvalue weighted by Crippen LogP contribution is -2.01. The van der Waals surface area contributed by atoms with Crippen molar-refractivity contribution in [1.82, 2.24) is 0 Å². The van der Waals surface area contributed by atoms with Gasteiger partial charge in [-0.3, -0.25) is 9.59 Å². The molecule has 5 rings (SSSR count). The third kappa shape index (κ3) is 5.55. The van der Waals surface area contributed by atoms with Crippen LogP contribution in [-0.2, 0) is 0 Å². The van der Waals surface area contributed by atoms with Crippen molar-refractivity contribution in [2.24, 2.45) is 0 Å². The van der Waals surface area contributed by atoms with Crippen molar-refractivity contribution >= 4 is 11.6 Å². The maximum absolute atomic E-state index is 13.0. The monoisotopic (exact) mass is 498 g/mol. The molecule has 0 saturated carbocycles. The molecule has 0 amide bonds. The van der Waals surface area contributed by atoms with E-state index < -0.39 is 0 Å². The lowest BCUT2D eigenvalue weighted by Gasteiger charge is -2.08. The Kier molecular flexibility index (Phi) is 7.14. The zero-order chi connectivity index (χ0) is 26.5. The average Bonchev–Trinajstić information content (AvgIpc) is 2.98. The standard InChI is InChI=1S/C34H26O4/c1-23-3-5-24(6-4-23)25-7-9-26(10-8-25)33(35)28-13-19-31(20-14-28)38-32-21-15-29(16-22-32)34(36)27-11-17-30(37-2)18-12-27/h3-22H,1-2H3. The molecule has 0 saturated heterocycles. The Labute approximate surface area is 222 Å². The number of hydrogen-bond acceptors (Lipinski definition) is 4. The van der Waals surface area contributed by atoms with E-state index in [9.17, 15) is 9.59 Å². The Balaban J connectivity index is 1.22. The van der Waals surface area contributed by atoms with Crippen LogP contribution in [0, 0.1) is 6.92 Å². The second kappa shape index (κ2) is 11.0. The zero-order valence-electron chi connectivity index (χ0n) is 21.2. The predicted molar refractivity (Wildman–Crippen MR) is 149 cm³/mol. The van der Waals surface area contributed by atoms with Gasteiger partial charge in [-0.2, -0.15) is 0 Å². The maximum Gasteiger partial charge on any atom is 0.193 e. The molecule has 38 heavy (non-hydrogen) atoms. The van der Waals surface area contributed by atoms with E-state index >= 15 is 0 Å². The lowest BCUT2D eigenvalue weighted by molar-refractivity contribution is 0.103. The molecule has 0 aliphatic heterocycles. The molecule has 0 atom stereocenters. The minimum absolute atomic E-state index is 0.0478. The molecule has 0 bridgehead atoms. The van der Waals surface area contributed by atoms with Gasteiger partial charge in [-0.05, 0) is 90.8 Å². The molecule has 0 heterocycles. The summed E-state index contributed by atoms with van der Waals surface area (Å²) >= 11 is 0. The summed E-state index contributed by atoms with van der Waals surface area (Å²) < 4.78 is 11.1. The van der Waals surface area contributed by atoms with Crippen molar-refractivity contribution in [1.29, 1.82) is 0 Å². The largest absolute Gasteiger partial charge is 0.497 e. The molecule has 0 aliphatic rings. The Morgan fingerprint density at radius 2 is 0.763 bits per heavy atom. The SMILES string of the molecule is COc1ccc(C(=O)c2ccc(Oc3ccc(C(=O)c4ccc(-c5ccc(C)cc5)cc4)cc3)cc2)cc1. The first kappa shape index (κ1) is 24.7. The van der Waals surface area contributed by atoms with E-state index in [2.05, 4.69) is 31.2 Å². The van der Waals surface area contributed by atoms with E-state index in [1.807, 2.05) is 24.3 Å². The highest BCUT2D eigenvalue weighted by atomic mass is 16.5. The maximum atomic E-state index is 13.0. The summed E-state index contributed by atoms with van der Waals surface area (Å²) in [5.74, 6) is 1.78. The molecule has 0 radical (unpaired) electrons. The molecule has 0 spiro atoms. The van der Waals surface area contributed by atoms with Gasteiger partial charge >= 0.3 is 0 Å². The Hall–Kier alpha value is -4.96. The normalized spacial score (nSPS) is 10.6. The van der Waals surface area contributed by atoms with Crippen molar-refractivity contribution in [3.63, 3.8) is 0 Å². The molecule has 4 nitrogen and oxygen atoms in total. The van der Waals surface area contributed by atoms with Crippen LogP contribution in [-0.4, -0.2) is 18.7 Å². The van der Waals surface area contributed by atoms with Crippen molar-refractivity contribution in [3.05, 3.63) is 149 Å². The fourth-order valence-corrected chi connectivity index (χ4v) is 4.12. The highest BCUT2D eigenvalue weighted by Gasteiger charge is 2.12. The van der Waals surface area contributed by atoms with E-state index in [1.165, 1.54) is 5.56 Å². The number of ketones is 2. The first-order chi connectivity index (χ1) is 18.5. The first-order valence-electron chi connectivity index (χ1n) is 12.3. The van der Waals surface area contributed by atoms with Crippen LogP contribution in [0.2, 0.25) is 0 Å². The van der Waals surface area contributed by atoms with Gasteiger partial charge in [0.15, 0.2) is 11.6 Å². The van der Waals surface area contributed by atoms with Gasteiger partial charge < -0.3 is 9.47 Å². The first-order valence-corrected chi connectivity index (χ1v) is 12.3. The number of carbonyl (C=O) groups is 2. The Bertz CT molecular complexity index is 1550. The smallest absolute Gasteiger partial charge is 0.193 e. The molecule has 0 fully saturated rings. The Morgan fingerprint density at radius 3 is 1.13 bits per heavy atom. The number of methoxy groups -OCH3 is 1. The van der Waals surface area contributed by atoms with Gasteiger partial charge in [0.2, 0.25) is 0 Å². The minimum Gasteiger partial charge on any atom is -0.497 e. The van der Waals surface area contributed by atoms with Gasteiger partial charge in [0.25, 0.3) is 0 Å². The highest BCUT2D eigenvalue weighted by Crippen LogP contribution is 2.25. The van der Waals surface area contributed by atoms with Gasteiger partial charge in [-0.15, -0.1) is 0 Å². The highest BCUT2D eigenvalue weighted by molar-refractivity contribution is 6.09. The van der Waals surface area contributed by atoms with Crippen LogP contribution in [0.3, 0.4) is 0 Å². The summed E-state index contributed by atoms with van der Waals surface area (Å²) in [7, 11) is 1.59. The number of ether oxygens (including phenoxy) is 2. The van der Waals surface area contributed by atoms with E-state index in [4.69, 9.17) is 9.47 Å². The second-order valence-corrected chi connectivity index (χ2v) is 8.98. The molecule has 0 N–H and O–H groups in total. The Morgan fingerprint density at radius 1 is 0.447 bits per heavy atom. The van der Waals surface area contributed by atoms with Gasteiger partial charge in [-0.1, -0.05) is 54.1 Å². The van der Waals surface area contributed by atoms with Crippen LogP contribution in [0.1, 0.15) is 37.4 Å². The third-order valence-electron chi connectivity index (χ3n) is 6.35. The molecule has 4 heteroatoms. The molecule has 5 aromatic rings. The van der Waals surface area contributed by atoms with Crippen LogP contribution < -0.4 is 9.47 Å². The molecule has 186 valence electrons. The van der Waals surface area contributed by atoms with E-state index in [-0.39, 0.29) is 11.6 Å². The van der Waals surface area contributed by atoms with Crippen LogP contribution in [0.4, 0.5) is 0 Å². The van der Waals surface area contributed by atoms with Gasteiger partial charge in [0, 0.05) is 22.3 Å². The fourth-order valence-electron chi connectivity index (χ4n) is 4.12. The van der Waals surface area contributed by atoms with Crippen molar-refractivity contribution < 1.29 is 19.1 Å². The summed E-state index contributed by atoms with van der Waals surface area (Å²) in [6, 6.07) is 37.0. The molecule has 0 aliphatic carbocycles. The predicted octanol–water partition coefficient (Wildman–Crippen LogP) is 7.92. The second-order valence-electron chi connectivity index (χ2n) is 8.98. The zero-order valence-corrected chi connectivity index (χ0v) is 21.2. The topological polar surface area (TPSA) is 52.6 Å². The van der Waals surface area contributed by atoms with Crippen LogP contribution in [0.5, 0.6) is 17.2 Å². The number of rotatable bonds is 8. The number of carbonyl (C=O) groups excluding carboxylic acids is 2. The number of benzene rings is 5. The molecular weight excluding hydrogens is 472 g/mol. The van der Waals surface area contributed by atoms with Gasteiger partial charge in [-0.25, -0.2) is 0 Å². The molecule has 0 unspecified atom stereocenters. The van der Waals surface area contributed by atoms with Crippen LogP contribution >= 0.6 is 0 Å². The summed E-state index contributed by atoms with van der Waals surface area (Å²) in [6.45, 7) is 2.06. The minimum atomic E-state index is -0.0750. The molecular formula is C34H26O4. The summed E-state index contributed by atoms with van der Waals surface area (Å²) in [5.41, 5.74) is 5.77. The van der Waals surface area contributed by atoms with Gasteiger partial charge in [0.1, 0.15) is 17.2 Å². The summed E-state index contributed by atoms with van der Waals surface area (Å²) in [5, 5.41) is 0. The van der Waals surface area contributed by atoms with Crippen molar-refractivity contribution in [3.8, 4) is 28.4 Å². The average molecular weight is 499 g/mol. The molecule has 0 aromatic heterocycles. The third-order valence-corrected chi connectivity index (χ3v) is 6.35. The van der Waals surface area contributed by atoms with E-state index in [0.717, 1.165) is 11.1 Å². The van der Waals surface area contributed by atoms with Crippen molar-refractivity contribution in [2.75, 3.05) is 7.11 Å². The summed E-state index contributed by atoms with van der Waals surface area (Å²) in [6.07, 6.45) is 0. The van der Waals surface area contributed by atoms with Crippen LogP contribution in [0.25, 0.3) is 11.1 Å². The van der Waals surface area contributed by atoms with Gasteiger partial charge in [0.05, 0.1) is 7.11 Å². The van der Waals surface area contributed by atoms with E-state index in [0.29, 0.717) is 39.5 Å². The quantitative estimate of drug-likeness (QED) is 0.204. The number of hydrogen-bond donors (Lipinski definition) is 0. The fraction of sp³-hybridized carbons (Fsp3) is 0.0588. The molecule has 5 aromatic carbocycles. The lowest BCUT2D eigenvalue weighted by atomic mass is 9.99. The number of aryl methyl sites for hydroxylation is 1. The summed E-state index contributed by atoms with van der Waals surface area (Å²) in [4.78, 5) is 25.7. The van der Waals surface area contributed by atoms with Crippen molar-refractivity contribution in [2.45, 2.75) is 6.92 Å².